The summed E-state index contributed by atoms with van der Waals surface area (Å²) in [5.41, 5.74) is 8.45. The minimum atomic E-state index is -0.215. The molecular formula is C17H17N3O3. The van der Waals surface area contributed by atoms with Crippen molar-refractivity contribution < 1.29 is 14.3 Å². The fraction of sp³-hybridized carbons (Fsp3) is 0.294. The molecule has 0 saturated carbocycles. The average Bonchev–Trinajstić information content (AvgIpc) is 3.13. The molecule has 0 radical (unpaired) electrons. The molecule has 2 N–H and O–H groups in total. The van der Waals surface area contributed by atoms with Crippen LogP contribution in [0.4, 0.5) is 5.69 Å². The van der Waals surface area contributed by atoms with Crippen LogP contribution in [-0.4, -0.2) is 24.6 Å². The lowest BCUT2D eigenvalue weighted by molar-refractivity contribution is 0.103. The number of nitrogens with zero attached hydrogens (tertiary/aromatic N) is 2. The van der Waals surface area contributed by atoms with Crippen molar-refractivity contribution in [1.82, 2.24) is 4.57 Å². The van der Waals surface area contributed by atoms with Crippen molar-refractivity contribution in [2.45, 2.75) is 19.4 Å². The van der Waals surface area contributed by atoms with Crippen LogP contribution in [0, 0.1) is 11.3 Å². The molecule has 6 nitrogen and oxygen atoms in total. The molecule has 1 aliphatic rings. The highest BCUT2D eigenvalue weighted by atomic mass is 16.5. The topological polar surface area (TPSA) is 90.3 Å². The maximum absolute atomic E-state index is 12.9. The standard InChI is InChI=1S/C17H17N3O3/c1-22-13-6-5-10(8-14(13)23-2)17(21)16-15(19)11(9-18)12-4-3-7-20(12)16/h5-6,8H,3-4,7,19H2,1-2H3. The van der Waals surface area contributed by atoms with E-state index < -0.39 is 0 Å². The zero-order valence-corrected chi connectivity index (χ0v) is 13.0. The molecule has 0 spiro atoms. The third-order valence-electron chi connectivity index (χ3n) is 4.18. The Morgan fingerprint density at radius 3 is 2.70 bits per heavy atom. The summed E-state index contributed by atoms with van der Waals surface area (Å²) in [6.07, 6.45) is 1.68. The summed E-state index contributed by atoms with van der Waals surface area (Å²) in [6.45, 7) is 0.704. The van der Waals surface area contributed by atoms with E-state index in [2.05, 4.69) is 6.07 Å². The van der Waals surface area contributed by atoms with Crippen LogP contribution >= 0.6 is 0 Å². The second-order valence-electron chi connectivity index (χ2n) is 5.35. The van der Waals surface area contributed by atoms with E-state index in [-0.39, 0.29) is 11.5 Å². The Morgan fingerprint density at radius 1 is 1.30 bits per heavy atom. The molecular weight excluding hydrogens is 294 g/mol. The number of nitrogens with two attached hydrogens (primary N) is 1. The van der Waals surface area contributed by atoms with Gasteiger partial charge in [-0.15, -0.1) is 0 Å². The molecule has 0 fully saturated rings. The zero-order chi connectivity index (χ0) is 16.6. The van der Waals surface area contributed by atoms with Crippen molar-refractivity contribution in [2.24, 2.45) is 0 Å². The van der Waals surface area contributed by atoms with Crippen molar-refractivity contribution in [3.8, 4) is 17.6 Å². The van der Waals surface area contributed by atoms with Crippen LogP contribution in [0.5, 0.6) is 11.5 Å². The molecule has 23 heavy (non-hydrogen) atoms. The van der Waals surface area contributed by atoms with E-state index in [1.165, 1.54) is 14.2 Å². The molecule has 0 amide bonds. The number of nitriles is 1. The van der Waals surface area contributed by atoms with Crippen molar-refractivity contribution in [3.05, 3.63) is 40.7 Å². The molecule has 1 aliphatic heterocycles. The first-order chi connectivity index (χ1) is 11.1. The number of hydrogen-bond acceptors (Lipinski definition) is 5. The van der Waals surface area contributed by atoms with Crippen LogP contribution < -0.4 is 15.2 Å². The van der Waals surface area contributed by atoms with E-state index in [1.807, 2.05) is 4.57 Å². The van der Waals surface area contributed by atoms with Crippen LogP contribution in [-0.2, 0) is 13.0 Å². The summed E-state index contributed by atoms with van der Waals surface area (Å²) in [7, 11) is 3.06. The van der Waals surface area contributed by atoms with Crippen molar-refractivity contribution >= 4 is 11.5 Å². The van der Waals surface area contributed by atoms with Gasteiger partial charge in [-0.1, -0.05) is 0 Å². The number of methoxy groups -OCH3 is 2. The maximum Gasteiger partial charge on any atom is 0.211 e. The molecule has 2 aromatic rings. The van der Waals surface area contributed by atoms with Gasteiger partial charge >= 0.3 is 0 Å². The lowest BCUT2D eigenvalue weighted by Crippen LogP contribution is -2.11. The van der Waals surface area contributed by atoms with Crippen LogP contribution in [0.1, 0.15) is 33.7 Å². The van der Waals surface area contributed by atoms with Gasteiger partial charge in [0.05, 0.1) is 25.5 Å². The van der Waals surface area contributed by atoms with E-state index in [0.29, 0.717) is 34.9 Å². The van der Waals surface area contributed by atoms with Crippen molar-refractivity contribution in [3.63, 3.8) is 0 Å². The predicted octanol–water partition coefficient (Wildman–Crippen LogP) is 2.14. The van der Waals surface area contributed by atoms with E-state index in [0.717, 1.165) is 18.5 Å². The van der Waals surface area contributed by atoms with Gasteiger partial charge in [0.1, 0.15) is 11.8 Å². The normalized spacial score (nSPS) is 12.6. The van der Waals surface area contributed by atoms with E-state index in [1.54, 1.807) is 18.2 Å². The average molecular weight is 311 g/mol. The minimum absolute atomic E-state index is 0.215. The molecule has 0 bridgehead atoms. The fourth-order valence-corrected chi connectivity index (χ4v) is 3.08. The Labute approximate surface area is 134 Å². The Bertz CT molecular complexity index is 831. The van der Waals surface area contributed by atoms with Crippen LogP contribution in [0.15, 0.2) is 18.2 Å². The Kier molecular flexibility index (Phi) is 3.70. The third-order valence-corrected chi connectivity index (χ3v) is 4.18. The maximum atomic E-state index is 12.9. The number of carbonyl (C=O) groups excluding carboxylic acids is 1. The summed E-state index contributed by atoms with van der Waals surface area (Å²) >= 11 is 0. The number of aromatic nitrogens is 1. The van der Waals surface area contributed by atoms with Crippen LogP contribution in [0.3, 0.4) is 0 Å². The molecule has 1 aromatic carbocycles. The lowest BCUT2D eigenvalue weighted by Gasteiger charge is -2.10. The quantitative estimate of drug-likeness (QED) is 0.874. The monoisotopic (exact) mass is 311 g/mol. The summed E-state index contributed by atoms with van der Waals surface area (Å²) in [6, 6.07) is 7.10. The van der Waals surface area contributed by atoms with Gasteiger partial charge in [-0.25, -0.2) is 0 Å². The number of ketones is 1. The molecule has 0 saturated heterocycles. The van der Waals surface area contributed by atoms with E-state index in [4.69, 9.17) is 15.2 Å². The van der Waals surface area contributed by atoms with Gasteiger partial charge in [0.15, 0.2) is 11.5 Å². The number of hydrogen-bond donors (Lipinski definition) is 1. The fourth-order valence-electron chi connectivity index (χ4n) is 3.08. The van der Waals surface area contributed by atoms with Gasteiger partial charge < -0.3 is 19.8 Å². The van der Waals surface area contributed by atoms with Gasteiger partial charge in [0.25, 0.3) is 0 Å². The van der Waals surface area contributed by atoms with E-state index >= 15 is 0 Å². The van der Waals surface area contributed by atoms with Crippen LogP contribution in [0.2, 0.25) is 0 Å². The highest BCUT2D eigenvalue weighted by Crippen LogP contribution is 2.34. The molecule has 118 valence electrons. The van der Waals surface area contributed by atoms with E-state index in [9.17, 15) is 10.1 Å². The largest absolute Gasteiger partial charge is 0.493 e. The first-order valence-corrected chi connectivity index (χ1v) is 7.30. The zero-order valence-electron chi connectivity index (χ0n) is 13.0. The summed E-state index contributed by atoms with van der Waals surface area (Å²) in [5.74, 6) is 0.814. The Balaban J connectivity index is 2.11. The van der Waals surface area contributed by atoms with Crippen LogP contribution in [0.25, 0.3) is 0 Å². The summed E-state index contributed by atoms with van der Waals surface area (Å²) in [4.78, 5) is 12.9. The number of benzene rings is 1. The molecule has 3 rings (SSSR count). The highest BCUT2D eigenvalue weighted by Gasteiger charge is 2.29. The molecule has 0 unspecified atom stereocenters. The van der Waals surface area contributed by atoms with Crippen molar-refractivity contribution in [2.75, 3.05) is 20.0 Å². The number of nitrogen functional groups attached to an aromatic ring is 1. The minimum Gasteiger partial charge on any atom is -0.493 e. The number of rotatable bonds is 4. The molecule has 2 heterocycles. The SMILES string of the molecule is COc1ccc(C(=O)c2c(N)c(C#N)c3n2CCC3)cc1OC. The highest BCUT2D eigenvalue weighted by molar-refractivity contribution is 6.12. The smallest absolute Gasteiger partial charge is 0.211 e. The Morgan fingerprint density at radius 2 is 2.04 bits per heavy atom. The first-order valence-electron chi connectivity index (χ1n) is 7.30. The number of fused-ring (bicyclic) bond motifs is 1. The number of ether oxygens (including phenoxy) is 2. The predicted molar refractivity (Wildman–Crippen MR) is 84.9 cm³/mol. The van der Waals surface area contributed by atoms with Crippen molar-refractivity contribution in [1.29, 1.82) is 5.26 Å². The first kappa shape index (κ1) is 15.0. The molecule has 0 atom stereocenters. The van der Waals surface area contributed by atoms with Gasteiger partial charge in [0, 0.05) is 17.8 Å². The second kappa shape index (κ2) is 5.69. The van der Waals surface area contributed by atoms with Gasteiger partial charge in [0.2, 0.25) is 5.78 Å². The Hall–Kier alpha value is -2.94. The third kappa shape index (κ3) is 2.21. The molecule has 1 aromatic heterocycles. The van der Waals surface area contributed by atoms with Gasteiger partial charge in [-0.3, -0.25) is 4.79 Å². The summed E-state index contributed by atoms with van der Waals surface area (Å²) < 4.78 is 12.3. The second-order valence-corrected chi connectivity index (χ2v) is 5.35. The molecule has 6 heteroatoms. The summed E-state index contributed by atoms with van der Waals surface area (Å²) in [5, 5.41) is 9.31. The lowest BCUT2D eigenvalue weighted by atomic mass is 10.0. The molecule has 0 aliphatic carbocycles. The number of carbonyl (C=O) groups is 1. The van der Waals surface area contributed by atoms with Gasteiger partial charge in [-0.05, 0) is 31.0 Å². The van der Waals surface area contributed by atoms with Gasteiger partial charge in [-0.2, -0.15) is 5.26 Å². The number of anilines is 1.